The number of rotatable bonds is 3. The highest BCUT2D eigenvalue weighted by Gasteiger charge is 2.06. The third-order valence-electron chi connectivity index (χ3n) is 2.34. The van der Waals surface area contributed by atoms with E-state index in [1.54, 1.807) is 12.4 Å². The number of hydrogen-bond donors (Lipinski definition) is 1. The van der Waals surface area contributed by atoms with E-state index in [1.165, 1.54) is 0 Å². The lowest BCUT2D eigenvalue weighted by atomic mass is 10.1. The van der Waals surface area contributed by atoms with Gasteiger partial charge in [0.1, 0.15) is 0 Å². The summed E-state index contributed by atoms with van der Waals surface area (Å²) >= 11 is 11.5. The van der Waals surface area contributed by atoms with Crippen LogP contribution in [0.2, 0.25) is 10.0 Å². The minimum absolute atomic E-state index is 0.105. The molecule has 0 bridgehead atoms. The van der Waals surface area contributed by atoms with Gasteiger partial charge in [0.15, 0.2) is 0 Å². The molecule has 1 aromatic heterocycles. The summed E-state index contributed by atoms with van der Waals surface area (Å²) < 4.78 is 0. The molecule has 5 heteroatoms. The molecule has 0 aliphatic heterocycles. The van der Waals surface area contributed by atoms with Crippen molar-refractivity contribution in [1.29, 1.82) is 0 Å². The van der Waals surface area contributed by atoms with Crippen LogP contribution in [0.4, 0.5) is 5.95 Å². The Balaban J connectivity index is 2.08. The van der Waals surface area contributed by atoms with Crippen molar-refractivity contribution in [3.05, 3.63) is 52.3 Å². The van der Waals surface area contributed by atoms with Gasteiger partial charge in [0.05, 0.1) is 23.5 Å². The van der Waals surface area contributed by atoms with Gasteiger partial charge in [-0.3, -0.25) is 0 Å². The molecule has 0 fully saturated rings. The third kappa shape index (κ3) is 3.32. The zero-order chi connectivity index (χ0) is 12.3. The zero-order valence-electron chi connectivity index (χ0n) is 9.19. The van der Waals surface area contributed by atoms with E-state index in [-0.39, 0.29) is 6.04 Å². The van der Waals surface area contributed by atoms with Crippen LogP contribution < -0.4 is 5.32 Å². The first-order valence-corrected chi connectivity index (χ1v) is 5.90. The number of anilines is 1. The van der Waals surface area contributed by atoms with Crippen LogP contribution in [0.15, 0.2) is 36.7 Å². The van der Waals surface area contributed by atoms with Gasteiger partial charge in [-0.25, -0.2) is 9.97 Å². The number of aromatic nitrogens is 2. The zero-order valence-corrected chi connectivity index (χ0v) is 10.7. The molecule has 0 saturated heterocycles. The summed E-state index contributed by atoms with van der Waals surface area (Å²) in [6.45, 7) is 2.03. The lowest BCUT2D eigenvalue weighted by molar-refractivity contribution is 0.860. The van der Waals surface area contributed by atoms with Gasteiger partial charge in [-0.05, 0) is 24.6 Å². The highest BCUT2D eigenvalue weighted by molar-refractivity contribution is 6.30. The summed E-state index contributed by atoms with van der Waals surface area (Å²) in [6, 6.07) is 7.76. The van der Waals surface area contributed by atoms with Crippen LogP contribution in [0.3, 0.4) is 0 Å². The van der Waals surface area contributed by atoms with Crippen LogP contribution in [0.5, 0.6) is 0 Å². The van der Waals surface area contributed by atoms with Gasteiger partial charge in [-0.15, -0.1) is 0 Å². The van der Waals surface area contributed by atoms with Gasteiger partial charge in [0.25, 0.3) is 0 Å². The van der Waals surface area contributed by atoms with Gasteiger partial charge in [-0.2, -0.15) is 0 Å². The number of hydrogen-bond acceptors (Lipinski definition) is 3. The van der Waals surface area contributed by atoms with Crippen molar-refractivity contribution in [1.82, 2.24) is 9.97 Å². The SMILES string of the molecule is CC(Nc1ncc(Cl)cn1)c1ccc(Cl)cc1. The first-order valence-electron chi connectivity index (χ1n) is 5.14. The summed E-state index contributed by atoms with van der Waals surface area (Å²) in [5.74, 6) is 0.553. The van der Waals surface area contributed by atoms with E-state index in [9.17, 15) is 0 Å². The molecule has 1 heterocycles. The molecule has 0 aliphatic carbocycles. The second-order valence-corrected chi connectivity index (χ2v) is 4.52. The average Bonchev–Trinajstić information content (AvgIpc) is 2.33. The normalized spacial score (nSPS) is 12.2. The van der Waals surface area contributed by atoms with Crippen molar-refractivity contribution in [2.75, 3.05) is 5.32 Å². The number of halogens is 2. The maximum atomic E-state index is 5.83. The van der Waals surface area contributed by atoms with E-state index in [0.717, 1.165) is 10.6 Å². The second-order valence-electron chi connectivity index (χ2n) is 3.64. The first-order chi connectivity index (χ1) is 8.15. The Kier molecular flexibility index (Phi) is 3.82. The topological polar surface area (TPSA) is 37.8 Å². The van der Waals surface area contributed by atoms with Crippen molar-refractivity contribution in [3.8, 4) is 0 Å². The third-order valence-corrected chi connectivity index (χ3v) is 2.78. The van der Waals surface area contributed by atoms with Gasteiger partial charge < -0.3 is 5.32 Å². The second kappa shape index (κ2) is 5.34. The first kappa shape index (κ1) is 12.1. The average molecular weight is 268 g/mol. The summed E-state index contributed by atoms with van der Waals surface area (Å²) in [4.78, 5) is 8.16. The fourth-order valence-electron chi connectivity index (χ4n) is 1.42. The molecule has 3 nitrogen and oxygen atoms in total. The van der Waals surface area contributed by atoms with Crippen molar-refractivity contribution in [2.45, 2.75) is 13.0 Å². The standard InChI is InChI=1S/C12H11Cl2N3/c1-8(9-2-4-10(13)5-3-9)17-12-15-6-11(14)7-16-12/h2-8H,1H3,(H,15,16,17). The molecule has 1 N–H and O–H groups in total. The lowest BCUT2D eigenvalue weighted by Gasteiger charge is -2.13. The molecular weight excluding hydrogens is 257 g/mol. The highest BCUT2D eigenvalue weighted by Crippen LogP contribution is 2.19. The monoisotopic (exact) mass is 267 g/mol. The predicted octanol–water partition coefficient (Wildman–Crippen LogP) is 3.96. The minimum Gasteiger partial charge on any atom is -0.348 e. The Morgan fingerprint density at radius 3 is 2.18 bits per heavy atom. The molecule has 17 heavy (non-hydrogen) atoms. The molecule has 0 spiro atoms. The van der Waals surface area contributed by atoms with Crippen LogP contribution in [0, 0.1) is 0 Å². The maximum absolute atomic E-state index is 5.83. The van der Waals surface area contributed by atoms with Crippen LogP contribution in [-0.4, -0.2) is 9.97 Å². The summed E-state index contributed by atoms with van der Waals surface area (Å²) in [7, 11) is 0. The smallest absolute Gasteiger partial charge is 0.223 e. The van der Waals surface area contributed by atoms with Gasteiger partial charge >= 0.3 is 0 Å². The van der Waals surface area contributed by atoms with E-state index in [1.807, 2.05) is 31.2 Å². The fourth-order valence-corrected chi connectivity index (χ4v) is 1.64. The van der Waals surface area contributed by atoms with Crippen molar-refractivity contribution < 1.29 is 0 Å². The van der Waals surface area contributed by atoms with E-state index in [4.69, 9.17) is 23.2 Å². The number of benzene rings is 1. The van der Waals surface area contributed by atoms with E-state index in [0.29, 0.717) is 11.0 Å². The van der Waals surface area contributed by atoms with Gasteiger partial charge in [-0.1, -0.05) is 35.3 Å². The number of nitrogens with one attached hydrogen (secondary N) is 1. The summed E-state index contributed by atoms with van der Waals surface area (Å²) in [6.07, 6.45) is 3.12. The molecule has 1 atom stereocenters. The highest BCUT2D eigenvalue weighted by atomic mass is 35.5. The molecule has 2 rings (SSSR count). The van der Waals surface area contributed by atoms with Crippen molar-refractivity contribution >= 4 is 29.2 Å². The number of nitrogens with zero attached hydrogens (tertiary/aromatic N) is 2. The Hall–Kier alpha value is -1.32. The van der Waals surface area contributed by atoms with Gasteiger partial charge in [0, 0.05) is 5.02 Å². The molecule has 2 aromatic rings. The molecule has 0 amide bonds. The summed E-state index contributed by atoms with van der Waals surface area (Å²) in [5, 5.41) is 4.43. The molecule has 1 unspecified atom stereocenters. The molecule has 0 saturated carbocycles. The van der Waals surface area contributed by atoms with Crippen LogP contribution >= 0.6 is 23.2 Å². The van der Waals surface area contributed by atoms with E-state index in [2.05, 4.69) is 15.3 Å². The molecular formula is C12H11Cl2N3. The Bertz CT molecular complexity index is 482. The van der Waals surface area contributed by atoms with Crippen LogP contribution in [-0.2, 0) is 0 Å². The maximum Gasteiger partial charge on any atom is 0.223 e. The predicted molar refractivity (Wildman–Crippen MR) is 70.5 cm³/mol. The molecule has 0 radical (unpaired) electrons. The van der Waals surface area contributed by atoms with E-state index < -0.39 is 0 Å². The van der Waals surface area contributed by atoms with E-state index >= 15 is 0 Å². The van der Waals surface area contributed by atoms with Gasteiger partial charge in [0.2, 0.25) is 5.95 Å². The lowest BCUT2D eigenvalue weighted by Crippen LogP contribution is -2.08. The quantitative estimate of drug-likeness (QED) is 0.915. The minimum atomic E-state index is 0.105. The van der Waals surface area contributed by atoms with Crippen LogP contribution in [0.25, 0.3) is 0 Å². The Morgan fingerprint density at radius 1 is 1.00 bits per heavy atom. The Labute approximate surface area is 110 Å². The molecule has 0 aliphatic rings. The van der Waals surface area contributed by atoms with Crippen molar-refractivity contribution in [3.63, 3.8) is 0 Å². The molecule has 1 aromatic carbocycles. The molecule has 88 valence electrons. The van der Waals surface area contributed by atoms with Crippen LogP contribution in [0.1, 0.15) is 18.5 Å². The largest absolute Gasteiger partial charge is 0.348 e. The van der Waals surface area contributed by atoms with Crippen molar-refractivity contribution in [2.24, 2.45) is 0 Å². The Morgan fingerprint density at radius 2 is 1.59 bits per heavy atom. The fraction of sp³-hybridized carbons (Fsp3) is 0.167. The summed E-state index contributed by atoms with van der Waals surface area (Å²) in [5.41, 5.74) is 1.12.